The van der Waals surface area contributed by atoms with Gasteiger partial charge in [-0.25, -0.2) is 0 Å². The van der Waals surface area contributed by atoms with Gasteiger partial charge in [-0.15, -0.1) is 0 Å². The van der Waals surface area contributed by atoms with Crippen molar-refractivity contribution in [3.63, 3.8) is 0 Å². The van der Waals surface area contributed by atoms with E-state index in [2.05, 4.69) is 34.3 Å². The second-order valence-corrected chi connectivity index (χ2v) is 5.72. The summed E-state index contributed by atoms with van der Waals surface area (Å²) < 4.78 is 0. The second-order valence-electron chi connectivity index (χ2n) is 5.72. The molecule has 0 unspecified atom stereocenters. The van der Waals surface area contributed by atoms with Crippen LogP contribution in [0.25, 0.3) is 0 Å². The van der Waals surface area contributed by atoms with Crippen molar-refractivity contribution in [2.45, 2.75) is 37.8 Å². The highest BCUT2D eigenvalue weighted by atomic mass is 16.3. The van der Waals surface area contributed by atoms with Crippen LogP contribution < -0.4 is 4.90 Å². The van der Waals surface area contributed by atoms with Crippen molar-refractivity contribution < 1.29 is 5.11 Å². The molecule has 0 aliphatic heterocycles. The molecule has 4 nitrogen and oxygen atoms in total. The van der Waals surface area contributed by atoms with E-state index in [1.807, 2.05) is 32.4 Å². The number of benzene rings is 1. The molecule has 1 aromatic carbocycles. The maximum atomic E-state index is 10.0. The number of aliphatic hydroxyl groups excluding tert-OH is 1. The Labute approximate surface area is 121 Å². The van der Waals surface area contributed by atoms with Crippen LogP contribution in [0.3, 0.4) is 0 Å². The van der Waals surface area contributed by atoms with E-state index < -0.39 is 0 Å². The van der Waals surface area contributed by atoms with Gasteiger partial charge in [0.2, 0.25) is 0 Å². The van der Waals surface area contributed by atoms with E-state index in [-0.39, 0.29) is 12.1 Å². The van der Waals surface area contributed by atoms with E-state index >= 15 is 0 Å². The summed E-state index contributed by atoms with van der Waals surface area (Å²) in [6, 6.07) is 8.43. The molecule has 2 rings (SSSR count). The van der Waals surface area contributed by atoms with Crippen molar-refractivity contribution in [2.75, 3.05) is 26.0 Å². The first kappa shape index (κ1) is 14.9. The molecule has 110 valence electrons. The third-order valence-corrected chi connectivity index (χ3v) is 3.97. The third kappa shape index (κ3) is 3.73. The number of likely N-dealkylation sites (N-methyl/N-ethyl adjacent to an activating group) is 1. The molecule has 0 spiro atoms. The summed E-state index contributed by atoms with van der Waals surface area (Å²) in [5.41, 5.74) is 2.26. The zero-order chi connectivity index (χ0) is 14.5. The van der Waals surface area contributed by atoms with Crippen LogP contribution >= 0.6 is 0 Å². The van der Waals surface area contributed by atoms with Gasteiger partial charge in [0, 0.05) is 26.8 Å². The molecule has 0 bridgehead atoms. The molecule has 4 heteroatoms. The molecule has 2 atom stereocenters. The summed E-state index contributed by atoms with van der Waals surface area (Å²) >= 11 is 0. The minimum Gasteiger partial charge on any atom is -0.391 e. The highest BCUT2D eigenvalue weighted by molar-refractivity contribution is 5.80. The highest BCUT2D eigenvalue weighted by Crippen LogP contribution is 2.22. The number of anilines is 1. The third-order valence-electron chi connectivity index (χ3n) is 3.97. The van der Waals surface area contributed by atoms with Crippen LogP contribution in [0.5, 0.6) is 0 Å². The van der Waals surface area contributed by atoms with Crippen molar-refractivity contribution in [2.24, 2.45) is 5.10 Å². The van der Waals surface area contributed by atoms with Crippen molar-refractivity contribution >= 4 is 11.9 Å². The van der Waals surface area contributed by atoms with Crippen LogP contribution in [0.15, 0.2) is 29.4 Å². The molecular weight excluding hydrogens is 250 g/mol. The fourth-order valence-electron chi connectivity index (χ4n) is 2.63. The average Bonchev–Trinajstić information content (AvgIpc) is 2.45. The number of aliphatic hydroxyl groups is 1. The van der Waals surface area contributed by atoms with Gasteiger partial charge in [0.05, 0.1) is 18.4 Å². The van der Waals surface area contributed by atoms with E-state index in [1.165, 1.54) is 12.1 Å². The fourth-order valence-corrected chi connectivity index (χ4v) is 2.63. The van der Waals surface area contributed by atoms with Gasteiger partial charge in [-0.1, -0.05) is 25.0 Å². The van der Waals surface area contributed by atoms with Gasteiger partial charge < -0.3 is 10.0 Å². The summed E-state index contributed by atoms with van der Waals surface area (Å²) in [4.78, 5) is 2.07. The first-order chi connectivity index (χ1) is 9.58. The topological polar surface area (TPSA) is 39.1 Å². The Bertz CT molecular complexity index is 442. The molecule has 0 amide bonds. The number of hydrogen-bond donors (Lipinski definition) is 1. The van der Waals surface area contributed by atoms with E-state index in [0.29, 0.717) is 0 Å². The maximum absolute atomic E-state index is 10.0. The Morgan fingerprint density at radius 2 is 1.75 bits per heavy atom. The van der Waals surface area contributed by atoms with Gasteiger partial charge in [-0.05, 0) is 30.5 Å². The van der Waals surface area contributed by atoms with Crippen LogP contribution in [0.2, 0.25) is 0 Å². The summed E-state index contributed by atoms with van der Waals surface area (Å²) in [6.07, 6.45) is 5.83. The summed E-state index contributed by atoms with van der Waals surface area (Å²) in [5.74, 6) is 0. The van der Waals surface area contributed by atoms with Crippen LogP contribution in [-0.4, -0.2) is 49.6 Å². The molecular formula is C16H25N3O. The lowest BCUT2D eigenvalue weighted by molar-refractivity contribution is 0.0338. The molecule has 0 aromatic heterocycles. The predicted octanol–water partition coefficient (Wildman–Crippen LogP) is 2.32. The average molecular weight is 275 g/mol. The Morgan fingerprint density at radius 3 is 2.35 bits per heavy atom. The van der Waals surface area contributed by atoms with Crippen LogP contribution in [0.1, 0.15) is 31.2 Å². The Morgan fingerprint density at radius 1 is 1.10 bits per heavy atom. The van der Waals surface area contributed by atoms with Gasteiger partial charge >= 0.3 is 0 Å². The lowest BCUT2D eigenvalue weighted by atomic mass is 9.92. The summed E-state index contributed by atoms with van der Waals surface area (Å²) in [5, 5.41) is 16.4. The zero-order valence-corrected chi connectivity index (χ0v) is 12.7. The van der Waals surface area contributed by atoms with E-state index in [4.69, 9.17) is 0 Å². The van der Waals surface area contributed by atoms with Crippen molar-refractivity contribution in [1.29, 1.82) is 0 Å². The van der Waals surface area contributed by atoms with Gasteiger partial charge in [-0.2, -0.15) is 5.10 Å². The fraction of sp³-hybridized carbons (Fsp3) is 0.562. The van der Waals surface area contributed by atoms with Gasteiger partial charge in [0.15, 0.2) is 0 Å². The smallest absolute Gasteiger partial charge is 0.0759 e. The van der Waals surface area contributed by atoms with Gasteiger partial charge in [-0.3, -0.25) is 5.01 Å². The lowest BCUT2D eigenvalue weighted by Crippen LogP contribution is -2.40. The van der Waals surface area contributed by atoms with Gasteiger partial charge in [0.1, 0.15) is 0 Å². The zero-order valence-electron chi connectivity index (χ0n) is 12.7. The summed E-state index contributed by atoms with van der Waals surface area (Å²) in [6.45, 7) is 0. The molecule has 1 aliphatic rings. The maximum Gasteiger partial charge on any atom is 0.0759 e. The highest BCUT2D eigenvalue weighted by Gasteiger charge is 2.25. The second kappa shape index (κ2) is 6.75. The first-order valence-corrected chi connectivity index (χ1v) is 7.30. The number of hydrazone groups is 1. The molecule has 1 aliphatic carbocycles. The largest absolute Gasteiger partial charge is 0.391 e. The Kier molecular flexibility index (Phi) is 5.01. The minimum absolute atomic E-state index is 0.154. The molecule has 0 heterocycles. The molecule has 1 fully saturated rings. The lowest BCUT2D eigenvalue weighted by Gasteiger charge is -2.33. The Balaban J connectivity index is 1.97. The molecule has 0 saturated heterocycles. The summed E-state index contributed by atoms with van der Waals surface area (Å²) in [7, 11) is 6.01. The van der Waals surface area contributed by atoms with Crippen LogP contribution in [0, 0.1) is 0 Å². The van der Waals surface area contributed by atoms with Gasteiger partial charge in [0.25, 0.3) is 0 Å². The number of hydrogen-bond acceptors (Lipinski definition) is 4. The molecule has 1 saturated carbocycles. The van der Waals surface area contributed by atoms with Crippen LogP contribution in [0.4, 0.5) is 5.69 Å². The number of nitrogens with zero attached hydrogens (tertiary/aromatic N) is 3. The van der Waals surface area contributed by atoms with Crippen molar-refractivity contribution in [1.82, 2.24) is 5.01 Å². The normalized spacial score (nSPS) is 23.0. The monoisotopic (exact) mass is 275 g/mol. The molecule has 20 heavy (non-hydrogen) atoms. The molecule has 1 N–H and O–H groups in total. The Hall–Kier alpha value is -1.55. The van der Waals surface area contributed by atoms with Crippen molar-refractivity contribution in [3.8, 4) is 0 Å². The van der Waals surface area contributed by atoms with E-state index in [1.54, 1.807) is 0 Å². The molecule has 0 radical (unpaired) electrons. The quantitative estimate of drug-likeness (QED) is 0.677. The molecule has 1 aromatic rings. The van der Waals surface area contributed by atoms with Crippen LogP contribution in [-0.2, 0) is 0 Å². The minimum atomic E-state index is -0.248. The van der Waals surface area contributed by atoms with E-state index in [0.717, 1.165) is 24.8 Å². The first-order valence-electron chi connectivity index (χ1n) is 7.30. The number of rotatable bonds is 4. The SMILES string of the molecule is CN(C)c1ccc(/C=N/N(C)[C@H]2CCCC[C@@H]2O)cc1. The van der Waals surface area contributed by atoms with Crippen molar-refractivity contribution in [3.05, 3.63) is 29.8 Å². The van der Waals surface area contributed by atoms with E-state index in [9.17, 15) is 5.11 Å². The standard InChI is InChI=1S/C16H25N3O/c1-18(2)14-10-8-13(9-11-14)12-17-19(3)15-6-4-5-7-16(15)20/h8-12,15-16,20H,4-7H2,1-3H3/b17-12+/t15-,16-/m0/s1. The predicted molar refractivity (Wildman–Crippen MR) is 84.4 cm³/mol.